The Bertz CT molecular complexity index is 1300. The molecular formula is C23H21N5O3. The quantitative estimate of drug-likeness (QED) is 0.430. The molecule has 3 N–H and O–H groups in total. The fourth-order valence-electron chi connectivity index (χ4n) is 3.10. The zero-order chi connectivity index (χ0) is 21.8. The number of nitrogens with one attached hydrogen (secondary N) is 3. The number of nitrogens with zero attached hydrogens (tertiary/aromatic N) is 2. The van der Waals surface area contributed by atoms with Gasteiger partial charge in [-0.25, -0.2) is 9.97 Å². The molecule has 8 nitrogen and oxygen atoms in total. The van der Waals surface area contributed by atoms with Crippen LogP contribution in [0.4, 0.5) is 23.0 Å². The number of fused-ring (bicyclic) bond motifs is 1. The molecule has 0 saturated heterocycles. The van der Waals surface area contributed by atoms with Gasteiger partial charge < -0.3 is 20.4 Å². The van der Waals surface area contributed by atoms with E-state index in [1.165, 1.54) is 6.07 Å². The Morgan fingerprint density at radius 1 is 0.968 bits per heavy atom. The minimum atomic E-state index is -0.495. The zero-order valence-electron chi connectivity index (χ0n) is 17.1. The summed E-state index contributed by atoms with van der Waals surface area (Å²) in [5.41, 5.74) is 1.48. The molecule has 0 atom stereocenters. The van der Waals surface area contributed by atoms with Gasteiger partial charge in [0.05, 0.1) is 5.39 Å². The summed E-state index contributed by atoms with van der Waals surface area (Å²) < 4.78 is 5.58. The van der Waals surface area contributed by atoms with Crippen molar-refractivity contribution in [1.82, 2.24) is 9.97 Å². The smallest absolute Gasteiger partial charge is 0.291 e. The molecule has 4 aromatic rings. The molecule has 0 spiro atoms. The van der Waals surface area contributed by atoms with Crippen LogP contribution in [0.3, 0.4) is 0 Å². The van der Waals surface area contributed by atoms with Crippen LogP contribution in [0, 0.1) is 6.92 Å². The van der Waals surface area contributed by atoms with Gasteiger partial charge in [0.25, 0.3) is 5.91 Å². The Morgan fingerprint density at radius 2 is 1.68 bits per heavy atom. The molecule has 0 aliphatic rings. The second kappa shape index (κ2) is 8.66. The number of amides is 1. The molecule has 156 valence electrons. The lowest BCUT2D eigenvalue weighted by Gasteiger charge is -2.10. The molecule has 0 radical (unpaired) electrons. The lowest BCUT2D eigenvalue weighted by atomic mass is 10.2. The minimum absolute atomic E-state index is 0.0432. The summed E-state index contributed by atoms with van der Waals surface area (Å²) >= 11 is 0. The maximum Gasteiger partial charge on any atom is 0.291 e. The molecule has 2 aromatic carbocycles. The molecule has 1 amide bonds. The third kappa shape index (κ3) is 4.69. The molecule has 0 aliphatic heterocycles. The lowest BCUT2D eigenvalue weighted by molar-refractivity contribution is 0.0997. The molecule has 2 heterocycles. The standard InChI is InChI=1S/C23H21N5O3/c1-3-24-21-13-22(26-14(2)25-21)27-15-8-10-16(11-9-15)28-23(30)20-12-18(29)17-6-4-5-7-19(17)31-20/h4-13H,3H2,1-2H3,(H,28,30)(H2,24,25,26,27). The SMILES string of the molecule is CCNc1cc(Nc2ccc(NC(=O)c3cc(=O)c4ccccc4o3)cc2)nc(C)n1. The van der Waals surface area contributed by atoms with E-state index in [0.717, 1.165) is 18.1 Å². The van der Waals surface area contributed by atoms with Crippen LogP contribution in [0.25, 0.3) is 11.0 Å². The van der Waals surface area contributed by atoms with Crippen molar-refractivity contribution in [3.63, 3.8) is 0 Å². The number of hydrogen-bond acceptors (Lipinski definition) is 7. The number of aromatic nitrogens is 2. The van der Waals surface area contributed by atoms with Crippen molar-refractivity contribution in [2.24, 2.45) is 0 Å². The van der Waals surface area contributed by atoms with Crippen LogP contribution >= 0.6 is 0 Å². The highest BCUT2D eigenvalue weighted by Gasteiger charge is 2.12. The zero-order valence-corrected chi connectivity index (χ0v) is 17.1. The van der Waals surface area contributed by atoms with E-state index in [0.29, 0.717) is 28.3 Å². The van der Waals surface area contributed by atoms with E-state index in [2.05, 4.69) is 25.9 Å². The molecule has 0 unspecified atom stereocenters. The number of aryl methyl sites for hydroxylation is 1. The van der Waals surface area contributed by atoms with Gasteiger partial charge in [-0.15, -0.1) is 0 Å². The number of hydrogen-bond donors (Lipinski definition) is 3. The van der Waals surface area contributed by atoms with Crippen LogP contribution in [0.5, 0.6) is 0 Å². The van der Waals surface area contributed by atoms with E-state index in [4.69, 9.17) is 4.42 Å². The third-order valence-electron chi connectivity index (χ3n) is 4.47. The molecule has 0 fully saturated rings. The van der Waals surface area contributed by atoms with Gasteiger partial charge in [-0.2, -0.15) is 0 Å². The molecule has 4 rings (SSSR count). The Labute approximate surface area is 178 Å². The number of carbonyl (C=O) groups is 1. The van der Waals surface area contributed by atoms with Gasteiger partial charge in [0.1, 0.15) is 23.0 Å². The highest BCUT2D eigenvalue weighted by Crippen LogP contribution is 2.20. The molecule has 8 heteroatoms. The van der Waals surface area contributed by atoms with E-state index in [9.17, 15) is 9.59 Å². The van der Waals surface area contributed by atoms with Crippen LogP contribution in [0.1, 0.15) is 23.3 Å². The van der Waals surface area contributed by atoms with E-state index in [1.807, 2.05) is 32.0 Å². The largest absolute Gasteiger partial charge is 0.451 e. The summed E-state index contributed by atoms with van der Waals surface area (Å²) in [6.07, 6.45) is 0. The van der Waals surface area contributed by atoms with E-state index in [1.54, 1.807) is 36.4 Å². The van der Waals surface area contributed by atoms with Crippen LogP contribution in [0.2, 0.25) is 0 Å². The Hall–Kier alpha value is -4.20. The maximum atomic E-state index is 12.5. The van der Waals surface area contributed by atoms with E-state index >= 15 is 0 Å². The van der Waals surface area contributed by atoms with E-state index < -0.39 is 5.91 Å². The summed E-state index contributed by atoms with van der Waals surface area (Å²) in [5.74, 6) is 1.53. The second-order valence-corrected chi connectivity index (χ2v) is 6.84. The van der Waals surface area contributed by atoms with Crippen molar-refractivity contribution in [1.29, 1.82) is 0 Å². The lowest BCUT2D eigenvalue weighted by Crippen LogP contribution is -2.14. The first kappa shape index (κ1) is 20.1. The van der Waals surface area contributed by atoms with Crippen LogP contribution in [-0.4, -0.2) is 22.4 Å². The fraction of sp³-hybridized carbons (Fsp3) is 0.130. The average Bonchev–Trinajstić information content (AvgIpc) is 2.75. The summed E-state index contributed by atoms with van der Waals surface area (Å²) in [7, 11) is 0. The number of para-hydroxylation sites is 1. The van der Waals surface area contributed by atoms with Crippen molar-refractivity contribution in [2.75, 3.05) is 22.5 Å². The third-order valence-corrected chi connectivity index (χ3v) is 4.47. The van der Waals surface area contributed by atoms with Crippen LogP contribution in [-0.2, 0) is 0 Å². The topological polar surface area (TPSA) is 109 Å². The number of benzene rings is 2. The van der Waals surface area contributed by atoms with Gasteiger partial charge in [-0.1, -0.05) is 12.1 Å². The van der Waals surface area contributed by atoms with E-state index in [-0.39, 0.29) is 11.2 Å². The average molecular weight is 415 g/mol. The van der Waals surface area contributed by atoms with Gasteiger partial charge in [-0.3, -0.25) is 9.59 Å². The van der Waals surface area contributed by atoms with Crippen molar-refractivity contribution in [2.45, 2.75) is 13.8 Å². The monoisotopic (exact) mass is 415 g/mol. The van der Waals surface area contributed by atoms with Crippen molar-refractivity contribution in [3.8, 4) is 0 Å². The summed E-state index contributed by atoms with van der Waals surface area (Å²) in [5, 5.41) is 9.56. The first-order valence-corrected chi connectivity index (χ1v) is 9.83. The van der Waals surface area contributed by atoms with Crippen molar-refractivity contribution in [3.05, 3.63) is 82.5 Å². The summed E-state index contributed by atoms with van der Waals surface area (Å²) in [6.45, 7) is 4.60. The first-order chi connectivity index (χ1) is 15.0. The normalized spacial score (nSPS) is 10.6. The predicted octanol–water partition coefficient (Wildman–Crippen LogP) is 4.32. The van der Waals surface area contributed by atoms with Gasteiger partial charge in [-0.05, 0) is 50.2 Å². The van der Waals surface area contributed by atoms with Crippen molar-refractivity contribution < 1.29 is 9.21 Å². The molecule has 0 bridgehead atoms. The molecule has 0 aliphatic carbocycles. The predicted molar refractivity (Wildman–Crippen MR) is 121 cm³/mol. The molecule has 31 heavy (non-hydrogen) atoms. The van der Waals surface area contributed by atoms with Crippen LogP contribution < -0.4 is 21.4 Å². The second-order valence-electron chi connectivity index (χ2n) is 6.84. The summed E-state index contributed by atoms with van der Waals surface area (Å²) in [4.78, 5) is 33.4. The molecule has 0 saturated carbocycles. The number of rotatable bonds is 6. The minimum Gasteiger partial charge on any atom is -0.451 e. The molecule has 2 aromatic heterocycles. The Balaban J connectivity index is 1.48. The maximum absolute atomic E-state index is 12.5. The van der Waals surface area contributed by atoms with Crippen molar-refractivity contribution >= 4 is 39.9 Å². The van der Waals surface area contributed by atoms with Crippen LogP contribution in [0.15, 0.2) is 69.9 Å². The highest BCUT2D eigenvalue weighted by atomic mass is 16.3. The van der Waals surface area contributed by atoms with Gasteiger partial charge >= 0.3 is 0 Å². The Morgan fingerprint density at radius 3 is 2.45 bits per heavy atom. The number of anilines is 4. The first-order valence-electron chi connectivity index (χ1n) is 9.83. The number of carbonyl (C=O) groups excluding carboxylic acids is 1. The molecular weight excluding hydrogens is 394 g/mol. The highest BCUT2D eigenvalue weighted by molar-refractivity contribution is 6.03. The fourth-order valence-corrected chi connectivity index (χ4v) is 3.10. The summed E-state index contributed by atoms with van der Waals surface area (Å²) in [6, 6.07) is 17.0. The van der Waals surface area contributed by atoms with Gasteiger partial charge in [0.15, 0.2) is 11.2 Å². The van der Waals surface area contributed by atoms with Gasteiger partial charge in [0.2, 0.25) is 0 Å². The Kier molecular flexibility index (Phi) is 5.61. The van der Waals surface area contributed by atoms with Gasteiger partial charge in [0, 0.05) is 30.1 Å².